The lowest BCUT2D eigenvalue weighted by Gasteiger charge is -2.42. The largest absolute Gasteiger partial charge is 0.412 e. The quantitative estimate of drug-likeness (QED) is 0.323. The van der Waals surface area contributed by atoms with Crippen molar-refractivity contribution in [2.75, 3.05) is 28.2 Å². The SMILES string of the molecule is CN(C)C(O[Si](C)(C)C)O[Si](OC(O[Si](C)(C)C)N(C)C)(c1ccccc1)c1ccccc1. The van der Waals surface area contributed by atoms with E-state index in [1.54, 1.807) is 0 Å². The van der Waals surface area contributed by atoms with E-state index >= 15 is 0 Å². The van der Waals surface area contributed by atoms with Crippen LogP contribution in [0.3, 0.4) is 0 Å². The second-order valence-electron chi connectivity index (χ2n) is 10.6. The molecule has 0 aromatic heterocycles. The Hall–Kier alpha value is -1.15. The minimum atomic E-state index is -3.29. The van der Waals surface area contributed by atoms with Crippen molar-refractivity contribution in [2.24, 2.45) is 0 Å². The Kier molecular flexibility index (Phi) is 9.81. The van der Waals surface area contributed by atoms with Crippen LogP contribution in [0.5, 0.6) is 0 Å². The van der Waals surface area contributed by atoms with Crippen molar-refractivity contribution in [3.63, 3.8) is 0 Å². The molecule has 2 atom stereocenters. The fourth-order valence-electron chi connectivity index (χ4n) is 3.14. The number of hydrogen-bond acceptors (Lipinski definition) is 6. The van der Waals surface area contributed by atoms with Gasteiger partial charge >= 0.3 is 8.56 Å². The normalized spacial score (nSPS) is 15.2. The van der Waals surface area contributed by atoms with Gasteiger partial charge in [0.15, 0.2) is 16.6 Å². The molecular weight excluding hydrogens is 465 g/mol. The van der Waals surface area contributed by atoms with Crippen molar-refractivity contribution in [2.45, 2.75) is 52.1 Å². The summed E-state index contributed by atoms with van der Waals surface area (Å²) in [5.74, 6) is 0. The van der Waals surface area contributed by atoms with Crippen LogP contribution in [0.1, 0.15) is 0 Å². The monoisotopic (exact) mass is 506 g/mol. The summed E-state index contributed by atoms with van der Waals surface area (Å²) in [5, 5.41) is 2.02. The van der Waals surface area contributed by atoms with Crippen molar-refractivity contribution in [1.29, 1.82) is 0 Å². The lowest BCUT2D eigenvalue weighted by Crippen LogP contribution is -2.69. The van der Waals surface area contributed by atoms with E-state index in [-0.39, 0.29) is 0 Å². The second kappa shape index (κ2) is 11.5. The van der Waals surface area contributed by atoms with Gasteiger partial charge in [-0.15, -0.1) is 0 Å². The van der Waals surface area contributed by atoms with E-state index < -0.39 is 38.0 Å². The van der Waals surface area contributed by atoms with Crippen molar-refractivity contribution in [3.05, 3.63) is 60.7 Å². The van der Waals surface area contributed by atoms with Gasteiger partial charge < -0.3 is 17.7 Å². The summed E-state index contributed by atoms with van der Waals surface area (Å²) in [6.07, 6.45) is -1.11. The van der Waals surface area contributed by atoms with Gasteiger partial charge in [0.2, 0.25) is 12.8 Å². The highest BCUT2D eigenvalue weighted by molar-refractivity contribution is 6.92. The van der Waals surface area contributed by atoms with Crippen molar-refractivity contribution < 1.29 is 17.7 Å². The summed E-state index contributed by atoms with van der Waals surface area (Å²) < 4.78 is 27.0. The first-order chi connectivity index (χ1) is 15.2. The molecule has 2 unspecified atom stereocenters. The Balaban J connectivity index is 2.70. The van der Waals surface area contributed by atoms with Gasteiger partial charge in [-0.25, -0.2) is 0 Å². The zero-order chi connectivity index (χ0) is 24.9. The van der Waals surface area contributed by atoms with Gasteiger partial charge in [0.25, 0.3) is 0 Å². The minimum Gasteiger partial charge on any atom is -0.382 e. The van der Waals surface area contributed by atoms with Gasteiger partial charge in [-0.2, -0.15) is 0 Å². The summed E-state index contributed by atoms with van der Waals surface area (Å²) in [6, 6.07) is 20.5. The zero-order valence-electron chi connectivity index (χ0n) is 22.0. The first-order valence-electron chi connectivity index (χ1n) is 11.4. The molecule has 0 aliphatic rings. The van der Waals surface area contributed by atoms with E-state index in [1.807, 2.05) is 74.4 Å². The van der Waals surface area contributed by atoms with Gasteiger partial charge in [0.1, 0.15) is 0 Å². The van der Waals surface area contributed by atoms with Crippen molar-refractivity contribution in [3.8, 4) is 0 Å². The third-order valence-electron chi connectivity index (χ3n) is 4.59. The Morgan fingerprint density at radius 1 is 0.515 bits per heavy atom. The van der Waals surface area contributed by atoms with Crippen molar-refractivity contribution >= 4 is 35.6 Å². The maximum absolute atomic E-state index is 7.01. The molecule has 33 heavy (non-hydrogen) atoms. The minimum absolute atomic E-state index is 0.557. The van der Waals surface area contributed by atoms with Gasteiger partial charge in [-0.3, -0.25) is 9.80 Å². The molecule has 0 N–H and O–H groups in total. The molecule has 184 valence electrons. The average Bonchev–Trinajstić information content (AvgIpc) is 2.71. The molecule has 0 spiro atoms. The summed E-state index contributed by atoms with van der Waals surface area (Å²) in [6.45, 7) is 13.0. The molecule has 2 rings (SSSR count). The van der Waals surface area contributed by atoms with Crippen LogP contribution in [0.25, 0.3) is 0 Å². The third-order valence-corrected chi connectivity index (χ3v) is 9.66. The smallest absolute Gasteiger partial charge is 0.382 e. The van der Waals surface area contributed by atoms with Crippen LogP contribution in [0.15, 0.2) is 60.7 Å². The predicted molar refractivity (Wildman–Crippen MR) is 144 cm³/mol. The van der Waals surface area contributed by atoms with Crippen LogP contribution in [-0.4, -0.2) is 76.0 Å². The van der Waals surface area contributed by atoms with Crippen LogP contribution in [-0.2, 0) is 17.7 Å². The Morgan fingerprint density at radius 3 is 1.06 bits per heavy atom. The van der Waals surface area contributed by atoms with Crippen LogP contribution in [0, 0.1) is 0 Å². The van der Waals surface area contributed by atoms with E-state index in [1.165, 1.54) is 0 Å². The Bertz CT molecular complexity index is 769. The highest BCUT2D eigenvalue weighted by Gasteiger charge is 2.49. The lowest BCUT2D eigenvalue weighted by molar-refractivity contribution is -0.153. The standard InChI is InChI=1S/C24H42N2O4Si3/c1-25(2)23(27-31(5,6)7)29-33(21-17-13-11-14-18-21,22-19-15-12-16-20-22)30-24(26(3)4)28-32(8,9)10/h11-20,23-24H,1-10H3. The van der Waals surface area contributed by atoms with E-state index in [2.05, 4.69) is 63.5 Å². The van der Waals surface area contributed by atoms with Gasteiger partial charge in [0, 0.05) is 0 Å². The molecule has 2 aromatic carbocycles. The number of nitrogens with zero attached hydrogens (tertiary/aromatic N) is 2. The summed E-state index contributed by atoms with van der Waals surface area (Å²) >= 11 is 0. The van der Waals surface area contributed by atoms with Crippen LogP contribution >= 0.6 is 0 Å². The van der Waals surface area contributed by atoms with Crippen LogP contribution in [0.4, 0.5) is 0 Å². The average molecular weight is 507 g/mol. The van der Waals surface area contributed by atoms with Gasteiger partial charge in [0.05, 0.1) is 0 Å². The second-order valence-corrected chi connectivity index (χ2v) is 22.4. The fraction of sp³-hybridized carbons (Fsp3) is 0.500. The zero-order valence-corrected chi connectivity index (χ0v) is 25.0. The highest BCUT2D eigenvalue weighted by atomic mass is 28.4. The molecule has 0 heterocycles. The molecule has 0 saturated heterocycles. The third kappa shape index (κ3) is 8.54. The fourth-order valence-corrected chi connectivity index (χ4v) is 8.34. The molecule has 0 amide bonds. The molecule has 0 fully saturated rings. The maximum Gasteiger partial charge on any atom is 0.412 e. The summed E-state index contributed by atoms with van der Waals surface area (Å²) in [4.78, 5) is 3.94. The first kappa shape index (κ1) is 28.1. The molecular formula is C24H42N2O4Si3. The van der Waals surface area contributed by atoms with Crippen LogP contribution < -0.4 is 10.4 Å². The summed E-state index contributed by atoms with van der Waals surface area (Å²) in [5.41, 5.74) is 0. The lowest BCUT2D eigenvalue weighted by atomic mass is 10.4. The number of rotatable bonds is 12. The van der Waals surface area contributed by atoms with Crippen molar-refractivity contribution in [1.82, 2.24) is 9.80 Å². The van der Waals surface area contributed by atoms with E-state index in [0.717, 1.165) is 10.4 Å². The number of hydrogen-bond donors (Lipinski definition) is 0. The molecule has 0 aliphatic carbocycles. The first-order valence-corrected chi connectivity index (χ1v) is 20.0. The molecule has 6 nitrogen and oxygen atoms in total. The van der Waals surface area contributed by atoms with Gasteiger partial charge in [-0.1, -0.05) is 60.7 Å². The maximum atomic E-state index is 7.01. The highest BCUT2D eigenvalue weighted by Crippen LogP contribution is 2.22. The van der Waals surface area contributed by atoms with E-state index in [9.17, 15) is 0 Å². The van der Waals surface area contributed by atoms with E-state index in [4.69, 9.17) is 17.7 Å². The Morgan fingerprint density at radius 2 is 0.818 bits per heavy atom. The topological polar surface area (TPSA) is 43.4 Å². The molecule has 2 aromatic rings. The molecule has 0 saturated carbocycles. The molecule has 0 bridgehead atoms. The van der Waals surface area contributed by atoms with Crippen LogP contribution in [0.2, 0.25) is 39.3 Å². The van der Waals surface area contributed by atoms with E-state index in [0.29, 0.717) is 0 Å². The summed E-state index contributed by atoms with van der Waals surface area (Å²) in [7, 11) is 0.770. The Labute approximate surface area is 203 Å². The molecule has 9 heteroatoms. The number of benzene rings is 2. The molecule has 0 radical (unpaired) electrons. The molecule has 0 aliphatic heterocycles. The van der Waals surface area contributed by atoms with Gasteiger partial charge in [-0.05, 0) is 77.8 Å². The predicted octanol–water partition coefficient (Wildman–Crippen LogP) is 3.67.